The molecule has 1 N–H and O–H groups in total. The van der Waals surface area contributed by atoms with Gasteiger partial charge >= 0.3 is 71.8 Å². The molecule has 50 valence electrons. The average Bonchev–Trinajstić information content (AvgIpc) is 1.88. The van der Waals surface area contributed by atoms with Crippen molar-refractivity contribution in [3.63, 3.8) is 0 Å². The summed E-state index contributed by atoms with van der Waals surface area (Å²) < 4.78 is 1.20. The van der Waals surface area contributed by atoms with E-state index >= 15 is 0 Å². The topological polar surface area (TPSA) is 37.3 Å². The van der Waals surface area contributed by atoms with Crippen LogP contribution in [0.3, 0.4) is 0 Å². The Kier molecular flexibility index (Phi) is 2.32. The van der Waals surface area contributed by atoms with E-state index < -0.39 is 5.97 Å². The van der Waals surface area contributed by atoms with E-state index in [1.54, 1.807) is 12.1 Å². The molecule has 10 heavy (non-hydrogen) atoms. The number of carbonyl (C=O) groups is 1. The number of benzene rings is 1. The van der Waals surface area contributed by atoms with Crippen LogP contribution in [0.4, 0.5) is 0 Å². The van der Waals surface area contributed by atoms with Gasteiger partial charge in [-0.1, -0.05) is 0 Å². The third-order valence-corrected chi connectivity index (χ3v) is 2.26. The van der Waals surface area contributed by atoms with E-state index in [-0.39, 0.29) is 0 Å². The predicted octanol–water partition coefficient (Wildman–Crippen LogP) is -0.0891. The van der Waals surface area contributed by atoms with Crippen molar-refractivity contribution in [3.05, 3.63) is 29.8 Å². The Hall–Kier alpha value is -0.511. The third-order valence-electron chi connectivity index (χ3n) is 1.16. The van der Waals surface area contributed by atoms with E-state index in [1.165, 1.54) is 3.58 Å². The fraction of sp³-hybridized carbons (Fsp3) is 0. The van der Waals surface area contributed by atoms with Gasteiger partial charge in [0.25, 0.3) is 0 Å². The van der Waals surface area contributed by atoms with Crippen LogP contribution < -0.4 is 3.58 Å². The average molecular weight is 241 g/mol. The Morgan fingerprint density at radius 2 is 1.80 bits per heavy atom. The second kappa shape index (κ2) is 3.05. The molecule has 0 saturated heterocycles. The molecule has 0 aliphatic rings. The molecule has 1 rings (SSSR count). The molecule has 0 unspecified atom stereocenters. The number of aromatic carboxylic acids is 1. The maximum absolute atomic E-state index is 10.3. The molecule has 0 saturated carbocycles. The van der Waals surface area contributed by atoms with Gasteiger partial charge in [-0.2, -0.15) is 0 Å². The van der Waals surface area contributed by atoms with Gasteiger partial charge in [0.15, 0.2) is 0 Å². The normalized spacial score (nSPS) is 9.30. The summed E-state index contributed by atoms with van der Waals surface area (Å²) in [5.74, 6) is -0.861. The van der Waals surface area contributed by atoms with Crippen molar-refractivity contribution in [2.24, 2.45) is 0 Å². The number of hydrogen-bond donors (Lipinski definition) is 1. The zero-order chi connectivity index (χ0) is 7.56. The Morgan fingerprint density at radius 3 is 2.20 bits per heavy atom. The van der Waals surface area contributed by atoms with Crippen molar-refractivity contribution in [1.82, 2.24) is 0 Å². The minimum atomic E-state index is -0.861. The monoisotopic (exact) mass is 242 g/mol. The zero-order valence-corrected chi connectivity index (χ0v) is 8.54. The van der Waals surface area contributed by atoms with Crippen LogP contribution in [-0.2, 0) is 0 Å². The Balaban J connectivity index is 3.00. The standard InChI is InChI=1S/C7H5O2.Sn.H/c8-7(9)6-4-2-1-3-5-6;;/h2-5H,(H,8,9);;. The number of hydrogen-bond acceptors (Lipinski definition) is 1. The van der Waals surface area contributed by atoms with E-state index in [4.69, 9.17) is 5.11 Å². The van der Waals surface area contributed by atoms with Crippen molar-refractivity contribution in [1.29, 1.82) is 0 Å². The number of carboxylic acids is 1. The molecule has 0 aliphatic carbocycles. The fourth-order valence-corrected chi connectivity index (χ4v) is 1.17. The molecule has 3 heteroatoms. The Bertz CT molecular complexity index is 240. The van der Waals surface area contributed by atoms with E-state index in [2.05, 4.69) is 0 Å². The third kappa shape index (κ3) is 1.73. The summed E-state index contributed by atoms with van der Waals surface area (Å²) in [6.45, 7) is 0. The second-order valence-electron chi connectivity index (χ2n) is 1.93. The molecule has 0 bridgehead atoms. The molecule has 0 aromatic heterocycles. The molecule has 2 nitrogen and oxygen atoms in total. The summed E-state index contributed by atoms with van der Waals surface area (Å²) in [4.78, 5) is 10.3. The molecule has 0 amide bonds. The van der Waals surface area contributed by atoms with Gasteiger partial charge in [0.05, 0.1) is 0 Å². The van der Waals surface area contributed by atoms with Crippen molar-refractivity contribution in [2.75, 3.05) is 0 Å². The van der Waals surface area contributed by atoms with Crippen LogP contribution in [0.25, 0.3) is 0 Å². The van der Waals surface area contributed by atoms with Crippen LogP contribution in [0.2, 0.25) is 0 Å². The zero-order valence-electron chi connectivity index (χ0n) is 5.24. The van der Waals surface area contributed by atoms with Gasteiger partial charge in [0.1, 0.15) is 0 Å². The summed E-state index contributed by atoms with van der Waals surface area (Å²) in [5, 5.41) is 8.49. The quantitative estimate of drug-likeness (QED) is 0.697. The first kappa shape index (κ1) is 7.59. The van der Waals surface area contributed by atoms with Crippen LogP contribution in [0, 0.1) is 0 Å². The van der Waals surface area contributed by atoms with E-state index in [0.29, 0.717) is 5.56 Å². The Morgan fingerprint density at radius 1 is 1.30 bits per heavy atom. The van der Waals surface area contributed by atoms with Gasteiger partial charge in [-0.05, 0) is 0 Å². The van der Waals surface area contributed by atoms with Crippen LogP contribution in [0.5, 0.6) is 0 Å². The molecular formula is C7H6O2Sn. The predicted molar refractivity (Wildman–Crippen MR) is 40.2 cm³/mol. The summed E-state index contributed by atoms with van der Waals surface area (Å²) in [6.07, 6.45) is 0. The van der Waals surface area contributed by atoms with Gasteiger partial charge in [0, 0.05) is 0 Å². The number of carboxylic acid groups (broad SMARTS) is 1. The van der Waals surface area contributed by atoms with Gasteiger partial charge in [0.2, 0.25) is 0 Å². The van der Waals surface area contributed by atoms with Gasteiger partial charge < -0.3 is 0 Å². The molecule has 0 atom stereocenters. The van der Waals surface area contributed by atoms with Gasteiger partial charge in [-0.15, -0.1) is 0 Å². The van der Waals surface area contributed by atoms with Gasteiger partial charge in [-0.25, -0.2) is 0 Å². The first-order chi connectivity index (χ1) is 4.70. The van der Waals surface area contributed by atoms with Crippen LogP contribution in [0.1, 0.15) is 10.4 Å². The second-order valence-corrected chi connectivity index (χ2v) is 3.83. The Labute approximate surface area is 72.0 Å². The number of rotatable bonds is 1. The fourth-order valence-electron chi connectivity index (χ4n) is 0.626. The first-order valence-electron chi connectivity index (χ1n) is 2.79. The van der Waals surface area contributed by atoms with Crippen molar-refractivity contribution in [2.45, 2.75) is 0 Å². The van der Waals surface area contributed by atoms with E-state index in [1.807, 2.05) is 12.1 Å². The van der Waals surface area contributed by atoms with Gasteiger partial charge in [-0.3, -0.25) is 0 Å². The van der Waals surface area contributed by atoms with Crippen LogP contribution in [-0.4, -0.2) is 33.6 Å². The summed E-state index contributed by atoms with van der Waals surface area (Å²) in [7, 11) is 0. The molecule has 1 aromatic rings. The molecule has 0 aliphatic heterocycles. The van der Waals surface area contributed by atoms with Crippen molar-refractivity contribution in [3.8, 4) is 0 Å². The SMILES string of the molecule is O=C(O)c1cc[c]([SnH])cc1. The molecule has 0 heterocycles. The summed E-state index contributed by atoms with van der Waals surface area (Å²) in [6, 6.07) is 6.93. The van der Waals surface area contributed by atoms with Crippen molar-refractivity contribution >= 4 is 32.1 Å². The maximum atomic E-state index is 10.3. The molecule has 0 fully saturated rings. The summed E-state index contributed by atoms with van der Waals surface area (Å²) in [5.41, 5.74) is 0.359. The van der Waals surface area contributed by atoms with E-state index in [0.717, 1.165) is 22.5 Å². The molecule has 1 aromatic carbocycles. The van der Waals surface area contributed by atoms with Crippen LogP contribution in [0.15, 0.2) is 24.3 Å². The molecule has 2 radical (unpaired) electrons. The van der Waals surface area contributed by atoms with Crippen molar-refractivity contribution < 1.29 is 9.90 Å². The van der Waals surface area contributed by atoms with Crippen LogP contribution >= 0.6 is 0 Å². The summed E-state index contributed by atoms with van der Waals surface area (Å²) >= 11 is 1.04. The first-order valence-corrected chi connectivity index (χ1v) is 4.44. The van der Waals surface area contributed by atoms with E-state index in [9.17, 15) is 4.79 Å². The molecular weight excluding hydrogens is 235 g/mol. The molecule has 0 spiro atoms. The minimum absolute atomic E-state index is 0.359.